The molecule has 0 spiro atoms. The second-order valence-corrected chi connectivity index (χ2v) is 5.42. The van der Waals surface area contributed by atoms with Crippen LogP contribution >= 0.6 is 0 Å². The number of anilines is 1. The largest absolute Gasteiger partial charge is 0.349 e. The number of rotatable bonds is 5. The van der Waals surface area contributed by atoms with Gasteiger partial charge in [-0.05, 0) is 31.9 Å². The standard InChI is InChI=1S/C15H20N6O/c1-12(21-10-4-6-18-21)14(22)17-11-13-5-7-16-15(19-13)20-8-2-3-9-20/h4-7,10,12H,2-3,8-9,11H2,1H3,(H,17,22). The van der Waals surface area contributed by atoms with Crippen molar-refractivity contribution in [2.45, 2.75) is 32.4 Å². The summed E-state index contributed by atoms with van der Waals surface area (Å²) in [5, 5.41) is 6.98. The smallest absolute Gasteiger partial charge is 0.244 e. The molecule has 3 rings (SSSR count). The molecule has 22 heavy (non-hydrogen) atoms. The van der Waals surface area contributed by atoms with Gasteiger partial charge in [-0.2, -0.15) is 5.10 Å². The third kappa shape index (κ3) is 3.24. The fourth-order valence-electron chi connectivity index (χ4n) is 2.51. The number of hydrogen-bond acceptors (Lipinski definition) is 5. The van der Waals surface area contributed by atoms with E-state index < -0.39 is 0 Å². The van der Waals surface area contributed by atoms with Gasteiger partial charge in [0, 0.05) is 31.7 Å². The molecule has 2 aromatic heterocycles. The van der Waals surface area contributed by atoms with Crippen molar-refractivity contribution in [3.8, 4) is 0 Å². The highest BCUT2D eigenvalue weighted by Gasteiger charge is 2.17. The first-order chi connectivity index (χ1) is 10.7. The molecular weight excluding hydrogens is 280 g/mol. The predicted octanol–water partition coefficient (Wildman–Crippen LogP) is 1.15. The molecule has 1 saturated heterocycles. The minimum Gasteiger partial charge on any atom is -0.349 e. The Labute approximate surface area is 129 Å². The highest BCUT2D eigenvalue weighted by atomic mass is 16.2. The molecule has 7 heteroatoms. The van der Waals surface area contributed by atoms with Gasteiger partial charge < -0.3 is 10.2 Å². The fraction of sp³-hybridized carbons (Fsp3) is 0.467. The monoisotopic (exact) mass is 300 g/mol. The molecule has 0 bridgehead atoms. The molecule has 1 aliphatic rings. The number of hydrogen-bond donors (Lipinski definition) is 1. The van der Waals surface area contributed by atoms with Gasteiger partial charge in [0.1, 0.15) is 6.04 Å². The molecular formula is C15H20N6O. The predicted molar refractivity (Wildman–Crippen MR) is 82.3 cm³/mol. The SMILES string of the molecule is CC(C(=O)NCc1ccnc(N2CCCC2)n1)n1cccn1. The highest BCUT2D eigenvalue weighted by Crippen LogP contribution is 2.15. The fourth-order valence-corrected chi connectivity index (χ4v) is 2.51. The maximum Gasteiger partial charge on any atom is 0.244 e. The minimum atomic E-state index is -0.338. The molecule has 1 atom stereocenters. The summed E-state index contributed by atoms with van der Waals surface area (Å²) in [4.78, 5) is 23.1. The van der Waals surface area contributed by atoms with Gasteiger partial charge in [0.15, 0.2) is 0 Å². The molecule has 1 unspecified atom stereocenters. The summed E-state index contributed by atoms with van der Waals surface area (Å²) in [6.45, 7) is 4.23. The van der Waals surface area contributed by atoms with Crippen molar-refractivity contribution >= 4 is 11.9 Å². The number of aromatic nitrogens is 4. The Bertz CT molecular complexity index is 621. The molecule has 0 radical (unpaired) electrons. The zero-order valence-corrected chi connectivity index (χ0v) is 12.6. The van der Waals surface area contributed by atoms with Crippen molar-refractivity contribution in [3.63, 3.8) is 0 Å². The highest BCUT2D eigenvalue weighted by molar-refractivity contribution is 5.79. The van der Waals surface area contributed by atoms with E-state index in [1.807, 2.05) is 13.0 Å². The maximum absolute atomic E-state index is 12.1. The van der Waals surface area contributed by atoms with Crippen molar-refractivity contribution in [2.24, 2.45) is 0 Å². The van der Waals surface area contributed by atoms with Crippen LogP contribution in [0, 0.1) is 0 Å². The Morgan fingerprint density at radius 2 is 2.18 bits per heavy atom. The van der Waals surface area contributed by atoms with Crippen LogP contribution in [0.5, 0.6) is 0 Å². The van der Waals surface area contributed by atoms with Crippen LogP contribution in [-0.2, 0) is 11.3 Å². The molecule has 7 nitrogen and oxygen atoms in total. The lowest BCUT2D eigenvalue weighted by Gasteiger charge is -2.16. The summed E-state index contributed by atoms with van der Waals surface area (Å²) < 4.78 is 1.63. The molecule has 1 amide bonds. The average molecular weight is 300 g/mol. The molecule has 116 valence electrons. The van der Waals surface area contributed by atoms with E-state index in [0.29, 0.717) is 6.54 Å². The minimum absolute atomic E-state index is 0.0787. The van der Waals surface area contributed by atoms with E-state index in [1.165, 1.54) is 12.8 Å². The first-order valence-corrected chi connectivity index (χ1v) is 7.58. The summed E-state index contributed by atoms with van der Waals surface area (Å²) in [6, 6.07) is 3.30. The topological polar surface area (TPSA) is 75.9 Å². The number of nitrogens with one attached hydrogen (secondary N) is 1. The average Bonchev–Trinajstić information content (AvgIpc) is 3.24. The molecule has 1 aliphatic heterocycles. The Balaban J connectivity index is 1.59. The summed E-state index contributed by atoms with van der Waals surface area (Å²) in [7, 11) is 0. The molecule has 0 saturated carbocycles. The van der Waals surface area contributed by atoms with Gasteiger partial charge in [0.2, 0.25) is 11.9 Å². The number of amides is 1. The van der Waals surface area contributed by atoms with Gasteiger partial charge in [-0.25, -0.2) is 9.97 Å². The zero-order valence-electron chi connectivity index (χ0n) is 12.6. The quantitative estimate of drug-likeness (QED) is 0.896. The zero-order chi connectivity index (χ0) is 15.4. The van der Waals surface area contributed by atoms with Crippen molar-refractivity contribution in [1.82, 2.24) is 25.1 Å². The summed E-state index contributed by atoms with van der Waals surface area (Å²) in [5.74, 6) is 0.675. The van der Waals surface area contributed by atoms with Crippen LogP contribution in [0.25, 0.3) is 0 Å². The van der Waals surface area contributed by atoms with E-state index in [0.717, 1.165) is 24.7 Å². The van der Waals surface area contributed by atoms with Gasteiger partial charge in [0.05, 0.1) is 12.2 Å². The van der Waals surface area contributed by atoms with Gasteiger partial charge in [-0.3, -0.25) is 9.48 Å². The molecule has 0 aliphatic carbocycles. The van der Waals surface area contributed by atoms with E-state index in [2.05, 4.69) is 25.3 Å². The molecule has 1 N–H and O–H groups in total. The van der Waals surface area contributed by atoms with Crippen LogP contribution in [-0.4, -0.2) is 38.7 Å². The Morgan fingerprint density at radius 3 is 2.91 bits per heavy atom. The second kappa shape index (κ2) is 6.55. The van der Waals surface area contributed by atoms with Crippen LogP contribution in [0.1, 0.15) is 31.5 Å². The Kier molecular flexibility index (Phi) is 4.32. The van der Waals surface area contributed by atoms with Gasteiger partial charge >= 0.3 is 0 Å². The first kappa shape index (κ1) is 14.5. The van der Waals surface area contributed by atoms with E-state index in [9.17, 15) is 4.79 Å². The lowest BCUT2D eigenvalue weighted by molar-refractivity contribution is -0.124. The van der Waals surface area contributed by atoms with Gasteiger partial charge in [-0.15, -0.1) is 0 Å². The molecule has 1 fully saturated rings. The number of carbonyl (C=O) groups excluding carboxylic acids is 1. The van der Waals surface area contributed by atoms with Gasteiger partial charge in [-0.1, -0.05) is 0 Å². The van der Waals surface area contributed by atoms with Crippen LogP contribution in [0.3, 0.4) is 0 Å². The number of nitrogens with zero attached hydrogens (tertiary/aromatic N) is 5. The van der Waals surface area contributed by atoms with E-state index in [1.54, 1.807) is 29.3 Å². The van der Waals surface area contributed by atoms with E-state index in [4.69, 9.17) is 0 Å². The van der Waals surface area contributed by atoms with Crippen LogP contribution in [0.4, 0.5) is 5.95 Å². The molecule has 2 aromatic rings. The van der Waals surface area contributed by atoms with Crippen LogP contribution in [0.2, 0.25) is 0 Å². The number of carbonyl (C=O) groups is 1. The van der Waals surface area contributed by atoms with E-state index in [-0.39, 0.29) is 11.9 Å². The van der Waals surface area contributed by atoms with Crippen molar-refractivity contribution in [2.75, 3.05) is 18.0 Å². The second-order valence-electron chi connectivity index (χ2n) is 5.42. The molecule has 0 aromatic carbocycles. The van der Waals surface area contributed by atoms with Gasteiger partial charge in [0.25, 0.3) is 0 Å². The lowest BCUT2D eigenvalue weighted by atomic mass is 10.3. The maximum atomic E-state index is 12.1. The normalized spacial score (nSPS) is 15.8. The molecule has 3 heterocycles. The summed E-state index contributed by atoms with van der Waals surface area (Å²) >= 11 is 0. The van der Waals surface area contributed by atoms with Crippen LogP contribution in [0.15, 0.2) is 30.7 Å². The summed E-state index contributed by atoms with van der Waals surface area (Å²) in [5.41, 5.74) is 0.818. The Hall–Kier alpha value is -2.44. The van der Waals surface area contributed by atoms with Crippen molar-refractivity contribution < 1.29 is 4.79 Å². The third-order valence-electron chi connectivity index (χ3n) is 3.83. The van der Waals surface area contributed by atoms with Crippen molar-refractivity contribution in [1.29, 1.82) is 0 Å². The van der Waals surface area contributed by atoms with Crippen molar-refractivity contribution in [3.05, 3.63) is 36.4 Å². The Morgan fingerprint density at radius 1 is 1.36 bits per heavy atom. The summed E-state index contributed by atoms with van der Waals surface area (Å²) in [6.07, 6.45) is 7.56. The third-order valence-corrected chi connectivity index (χ3v) is 3.83. The first-order valence-electron chi connectivity index (χ1n) is 7.58. The van der Waals surface area contributed by atoms with E-state index >= 15 is 0 Å². The lowest BCUT2D eigenvalue weighted by Crippen LogP contribution is -2.31. The van der Waals surface area contributed by atoms with Crippen LogP contribution < -0.4 is 10.2 Å².